The summed E-state index contributed by atoms with van der Waals surface area (Å²) in [5.74, 6) is 0.467. The Kier molecular flexibility index (Phi) is 4.49. The van der Waals surface area contributed by atoms with Crippen LogP contribution in [-0.2, 0) is 16.6 Å². The molecular formula is C20H24N2O3S. The van der Waals surface area contributed by atoms with Crippen molar-refractivity contribution < 1.29 is 8.42 Å². The smallest absolute Gasteiger partial charge is 0.250 e. The van der Waals surface area contributed by atoms with Crippen molar-refractivity contribution in [2.24, 2.45) is 5.92 Å². The monoisotopic (exact) mass is 372 g/mol. The van der Waals surface area contributed by atoms with E-state index >= 15 is 0 Å². The highest BCUT2D eigenvalue weighted by Gasteiger charge is 2.39. The molecule has 5 nitrogen and oxygen atoms in total. The third-order valence-corrected chi connectivity index (χ3v) is 7.51. The number of hydrogen-bond donors (Lipinski definition) is 0. The molecule has 6 heteroatoms. The summed E-state index contributed by atoms with van der Waals surface area (Å²) in [6.07, 6.45) is 1.57. The first-order valence-corrected chi connectivity index (χ1v) is 10.9. The second-order valence-corrected chi connectivity index (χ2v) is 9.47. The number of piperidine rings is 1. The van der Waals surface area contributed by atoms with Crippen LogP contribution in [0.2, 0.25) is 0 Å². The van der Waals surface area contributed by atoms with Crippen LogP contribution in [0.4, 0.5) is 0 Å². The van der Waals surface area contributed by atoms with E-state index in [1.165, 1.54) is 0 Å². The molecule has 2 bridgehead atoms. The van der Waals surface area contributed by atoms with Crippen LogP contribution < -0.4 is 5.56 Å². The fraction of sp³-hybridized carbons (Fsp3) is 0.450. The van der Waals surface area contributed by atoms with Crippen LogP contribution in [0.5, 0.6) is 0 Å². The second-order valence-electron chi connectivity index (χ2n) is 7.38. The zero-order valence-electron chi connectivity index (χ0n) is 15.0. The van der Waals surface area contributed by atoms with E-state index in [9.17, 15) is 13.2 Å². The molecule has 2 unspecified atom stereocenters. The first-order chi connectivity index (χ1) is 12.5. The summed E-state index contributed by atoms with van der Waals surface area (Å²) in [5, 5.41) is 0. The molecule has 0 radical (unpaired) electrons. The molecule has 2 atom stereocenters. The highest BCUT2D eigenvalue weighted by molar-refractivity contribution is 7.89. The minimum absolute atomic E-state index is 0.0132. The topological polar surface area (TPSA) is 59.4 Å². The number of pyridine rings is 1. The summed E-state index contributed by atoms with van der Waals surface area (Å²) in [7, 11) is -3.22. The summed E-state index contributed by atoms with van der Waals surface area (Å²) in [6.45, 7) is 3.50. The van der Waals surface area contributed by atoms with E-state index in [-0.39, 0.29) is 23.1 Å². The summed E-state index contributed by atoms with van der Waals surface area (Å²) in [6, 6.07) is 13.6. The van der Waals surface area contributed by atoms with Crippen LogP contribution in [0.15, 0.2) is 47.3 Å². The number of sulfonamides is 1. The Bertz CT molecular complexity index is 966. The third-order valence-electron chi connectivity index (χ3n) is 5.50. The molecule has 138 valence electrons. The van der Waals surface area contributed by atoms with E-state index in [1.54, 1.807) is 10.4 Å². The molecule has 1 saturated heterocycles. The maximum atomic E-state index is 12.6. The van der Waals surface area contributed by atoms with Gasteiger partial charge in [0.1, 0.15) is 0 Å². The first-order valence-electron chi connectivity index (χ1n) is 9.26. The summed E-state index contributed by atoms with van der Waals surface area (Å²) in [5.41, 5.74) is 3.13. The van der Waals surface area contributed by atoms with Crippen LogP contribution >= 0.6 is 0 Å². The maximum Gasteiger partial charge on any atom is 0.250 e. The molecule has 0 amide bonds. The van der Waals surface area contributed by atoms with Gasteiger partial charge in [0.15, 0.2) is 0 Å². The number of rotatable bonds is 4. The predicted molar refractivity (Wildman–Crippen MR) is 103 cm³/mol. The van der Waals surface area contributed by atoms with Crippen LogP contribution in [0.1, 0.15) is 31.4 Å². The molecule has 4 rings (SSSR count). The maximum absolute atomic E-state index is 12.6. The van der Waals surface area contributed by atoms with Crippen molar-refractivity contribution in [1.82, 2.24) is 8.87 Å². The van der Waals surface area contributed by atoms with Crippen molar-refractivity contribution in [2.75, 3.05) is 18.8 Å². The zero-order valence-corrected chi connectivity index (χ0v) is 15.8. The van der Waals surface area contributed by atoms with Gasteiger partial charge < -0.3 is 4.57 Å². The Hall–Kier alpha value is -1.92. The van der Waals surface area contributed by atoms with Gasteiger partial charge in [0.25, 0.3) is 5.56 Å². The standard InChI is InChI=1S/C20H24N2O3S/c1-2-10-26(24,25)21-12-15-11-17(14-21)20-18(16-6-4-3-5-7-16)8-9-19(23)22(20)13-15/h3-9,15,17H,2,10-14H2,1H3. The van der Waals surface area contributed by atoms with Gasteiger partial charge in [0.05, 0.1) is 5.75 Å². The van der Waals surface area contributed by atoms with Crippen LogP contribution in [0.3, 0.4) is 0 Å². The van der Waals surface area contributed by atoms with Crippen molar-refractivity contribution in [3.8, 4) is 11.1 Å². The molecule has 2 aliphatic heterocycles. The summed E-state index contributed by atoms with van der Waals surface area (Å²) >= 11 is 0. The lowest BCUT2D eigenvalue weighted by molar-refractivity contribution is 0.187. The van der Waals surface area contributed by atoms with Crippen LogP contribution in [0, 0.1) is 5.92 Å². The summed E-state index contributed by atoms with van der Waals surface area (Å²) < 4.78 is 28.8. The zero-order chi connectivity index (χ0) is 18.3. The minimum atomic E-state index is -3.22. The number of benzene rings is 1. The Morgan fingerprint density at radius 3 is 2.54 bits per heavy atom. The molecule has 1 fully saturated rings. The molecule has 1 aromatic carbocycles. The Morgan fingerprint density at radius 2 is 1.81 bits per heavy atom. The second kappa shape index (κ2) is 6.67. The number of aromatic nitrogens is 1. The van der Waals surface area contributed by atoms with Gasteiger partial charge in [-0.15, -0.1) is 0 Å². The molecule has 3 heterocycles. The lowest BCUT2D eigenvalue weighted by atomic mass is 9.81. The van der Waals surface area contributed by atoms with E-state index in [2.05, 4.69) is 0 Å². The minimum Gasteiger partial charge on any atom is -0.311 e. The molecule has 2 aliphatic rings. The van der Waals surface area contributed by atoms with Gasteiger partial charge in [-0.25, -0.2) is 12.7 Å². The molecule has 0 N–H and O–H groups in total. The fourth-order valence-corrected chi connectivity index (χ4v) is 6.07. The molecule has 2 aromatic rings. The lowest BCUT2D eigenvalue weighted by Crippen LogP contribution is -2.49. The van der Waals surface area contributed by atoms with Crippen molar-refractivity contribution in [2.45, 2.75) is 32.2 Å². The average Bonchev–Trinajstić information content (AvgIpc) is 2.63. The number of fused-ring (bicyclic) bond motifs is 4. The number of nitrogens with zero attached hydrogens (tertiary/aromatic N) is 2. The van der Waals surface area contributed by atoms with Gasteiger partial charge in [-0.2, -0.15) is 0 Å². The largest absolute Gasteiger partial charge is 0.311 e. The van der Waals surface area contributed by atoms with E-state index < -0.39 is 10.0 Å². The van der Waals surface area contributed by atoms with Crippen LogP contribution in [0.25, 0.3) is 11.1 Å². The van der Waals surface area contributed by atoms with E-state index in [4.69, 9.17) is 0 Å². The Balaban J connectivity index is 1.80. The molecule has 0 saturated carbocycles. The van der Waals surface area contributed by atoms with Crippen molar-refractivity contribution >= 4 is 10.0 Å². The van der Waals surface area contributed by atoms with Crippen LogP contribution in [-0.4, -0.2) is 36.1 Å². The highest BCUT2D eigenvalue weighted by Crippen LogP contribution is 2.40. The van der Waals surface area contributed by atoms with Gasteiger partial charge in [-0.3, -0.25) is 4.79 Å². The Labute approximate surface area is 154 Å². The van der Waals surface area contributed by atoms with E-state index in [0.29, 0.717) is 26.1 Å². The fourth-order valence-electron chi connectivity index (χ4n) is 4.45. The molecule has 0 aliphatic carbocycles. The summed E-state index contributed by atoms with van der Waals surface area (Å²) in [4.78, 5) is 12.5. The average molecular weight is 372 g/mol. The quantitative estimate of drug-likeness (QED) is 0.829. The molecular weight excluding hydrogens is 348 g/mol. The Morgan fingerprint density at radius 1 is 1.04 bits per heavy atom. The van der Waals surface area contributed by atoms with Crippen molar-refractivity contribution in [1.29, 1.82) is 0 Å². The van der Waals surface area contributed by atoms with Gasteiger partial charge in [0, 0.05) is 42.9 Å². The first kappa shape index (κ1) is 17.5. The van der Waals surface area contributed by atoms with E-state index in [0.717, 1.165) is 23.2 Å². The van der Waals surface area contributed by atoms with Gasteiger partial charge in [0.2, 0.25) is 10.0 Å². The highest BCUT2D eigenvalue weighted by atomic mass is 32.2. The van der Waals surface area contributed by atoms with Gasteiger partial charge >= 0.3 is 0 Å². The molecule has 1 aromatic heterocycles. The van der Waals surface area contributed by atoms with Crippen molar-refractivity contribution in [3.63, 3.8) is 0 Å². The molecule has 0 spiro atoms. The lowest BCUT2D eigenvalue weighted by Gasteiger charge is -2.43. The normalized spacial score (nSPS) is 22.8. The third kappa shape index (κ3) is 3.01. The van der Waals surface area contributed by atoms with Crippen molar-refractivity contribution in [3.05, 3.63) is 58.5 Å². The SMILES string of the molecule is CCCS(=O)(=O)N1CC2CC(C1)c1c(-c3ccccc3)ccc(=O)n1C2. The van der Waals surface area contributed by atoms with Gasteiger partial charge in [-0.05, 0) is 30.4 Å². The molecule has 26 heavy (non-hydrogen) atoms. The number of hydrogen-bond acceptors (Lipinski definition) is 3. The predicted octanol–water partition coefficient (Wildman–Crippen LogP) is 2.67. The van der Waals surface area contributed by atoms with Gasteiger partial charge in [-0.1, -0.05) is 37.3 Å². The van der Waals surface area contributed by atoms with E-state index in [1.807, 2.05) is 47.9 Å².